The number of hydrogen-bond donors (Lipinski definition) is 0. The molecule has 4 rings (SSSR count). The smallest absolute Gasteiger partial charge is 0.273 e. The molecule has 1 amide bonds. The van der Waals surface area contributed by atoms with Crippen LogP contribution in [0, 0.1) is 0 Å². The first-order valence-corrected chi connectivity index (χ1v) is 9.22. The largest absolute Gasteiger partial charge is 0.496 e. The molecule has 6 nitrogen and oxygen atoms in total. The van der Waals surface area contributed by atoms with Crippen molar-refractivity contribution in [3.05, 3.63) is 60.0 Å². The number of benzene rings is 1. The number of aromatic nitrogens is 3. The minimum absolute atomic E-state index is 0.0308. The number of hydrogen-bond acceptors (Lipinski definition) is 5. The standard InChI is InChI=1S/C21H22N4O2/c1-14-6-5-8-18(15-7-3-4-9-19(15)27-2)25(14)21(26)17-11-10-16-20(24-17)23-13-12-22-16/h3-4,7,9-14,18H,5-6,8H2,1-2H3/t14-,18-/m1/s1. The van der Waals surface area contributed by atoms with Crippen LogP contribution in [-0.2, 0) is 0 Å². The SMILES string of the molecule is COc1ccccc1[C@H]1CCC[C@@H](C)N1C(=O)c1ccc2nccnc2n1. The van der Waals surface area contributed by atoms with Crippen LogP contribution in [0.5, 0.6) is 5.75 Å². The number of methoxy groups -OCH3 is 1. The van der Waals surface area contributed by atoms with Gasteiger partial charge in [0.1, 0.15) is 17.0 Å². The Labute approximate surface area is 158 Å². The second-order valence-corrected chi connectivity index (χ2v) is 6.85. The molecular formula is C21H22N4O2. The molecular weight excluding hydrogens is 340 g/mol. The Morgan fingerprint density at radius 3 is 2.78 bits per heavy atom. The van der Waals surface area contributed by atoms with Crippen LogP contribution in [0.4, 0.5) is 0 Å². The van der Waals surface area contributed by atoms with Gasteiger partial charge in [0.15, 0.2) is 5.65 Å². The van der Waals surface area contributed by atoms with Crippen molar-refractivity contribution >= 4 is 17.1 Å². The van der Waals surface area contributed by atoms with Gasteiger partial charge in [-0.05, 0) is 44.4 Å². The van der Waals surface area contributed by atoms with Gasteiger partial charge in [0, 0.05) is 24.0 Å². The number of ether oxygens (including phenoxy) is 1. The molecule has 1 aliphatic rings. The van der Waals surface area contributed by atoms with Gasteiger partial charge in [-0.25, -0.2) is 9.97 Å². The number of para-hydroxylation sites is 1. The first kappa shape index (κ1) is 17.4. The summed E-state index contributed by atoms with van der Waals surface area (Å²) in [7, 11) is 1.67. The summed E-state index contributed by atoms with van der Waals surface area (Å²) in [4.78, 5) is 28.3. The van der Waals surface area contributed by atoms with Crippen LogP contribution in [0.1, 0.15) is 48.3 Å². The Hall–Kier alpha value is -3.02. The van der Waals surface area contributed by atoms with Crippen LogP contribution in [0.3, 0.4) is 0 Å². The average molecular weight is 362 g/mol. The maximum absolute atomic E-state index is 13.4. The molecule has 0 aliphatic carbocycles. The lowest BCUT2D eigenvalue weighted by Crippen LogP contribution is -2.44. The molecule has 2 aromatic heterocycles. The van der Waals surface area contributed by atoms with Gasteiger partial charge in [-0.2, -0.15) is 0 Å². The lowest BCUT2D eigenvalue weighted by atomic mass is 9.90. The van der Waals surface area contributed by atoms with Crippen molar-refractivity contribution in [2.45, 2.75) is 38.3 Å². The van der Waals surface area contributed by atoms with Gasteiger partial charge in [0.25, 0.3) is 5.91 Å². The molecule has 27 heavy (non-hydrogen) atoms. The molecule has 1 fully saturated rings. The summed E-state index contributed by atoms with van der Waals surface area (Å²) < 4.78 is 5.55. The van der Waals surface area contributed by atoms with E-state index in [4.69, 9.17) is 4.74 Å². The predicted molar refractivity (Wildman–Crippen MR) is 103 cm³/mol. The topological polar surface area (TPSA) is 68.2 Å². The van der Waals surface area contributed by atoms with E-state index < -0.39 is 0 Å². The van der Waals surface area contributed by atoms with Crippen molar-refractivity contribution in [2.24, 2.45) is 0 Å². The van der Waals surface area contributed by atoms with Gasteiger partial charge in [-0.15, -0.1) is 0 Å². The molecule has 0 radical (unpaired) electrons. The van der Waals surface area contributed by atoms with Gasteiger partial charge >= 0.3 is 0 Å². The highest BCUT2D eigenvalue weighted by Gasteiger charge is 2.35. The summed E-state index contributed by atoms with van der Waals surface area (Å²) in [6.45, 7) is 2.10. The maximum Gasteiger partial charge on any atom is 0.273 e. The third-order valence-corrected chi connectivity index (χ3v) is 5.19. The second kappa shape index (κ2) is 7.31. The zero-order valence-electron chi connectivity index (χ0n) is 15.5. The van der Waals surface area contributed by atoms with Crippen LogP contribution in [-0.4, -0.2) is 38.9 Å². The summed E-state index contributed by atoms with van der Waals surface area (Å²) in [6, 6.07) is 11.6. The first-order valence-electron chi connectivity index (χ1n) is 9.22. The van der Waals surface area contributed by atoms with E-state index in [2.05, 4.69) is 21.9 Å². The van der Waals surface area contributed by atoms with Crippen LogP contribution in [0.25, 0.3) is 11.2 Å². The van der Waals surface area contributed by atoms with E-state index in [0.29, 0.717) is 16.9 Å². The number of carbonyl (C=O) groups excluding carboxylic acids is 1. The lowest BCUT2D eigenvalue weighted by Gasteiger charge is -2.41. The quantitative estimate of drug-likeness (QED) is 0.709. The van der Waals surface area contributed by atoms with Crippen molar-refractivity contribution in [1.29, 1.82) is 0 Å². The molecule has 0 unspecified atom stereocenters. The highest BCUT2D eigenvalue weighted by molar-refractivity contribution is 5.94. The molecule has 3 aromatic rings. The number of likely N-dealkylation sites (tertiary alicyclic amines) is 1. The normalized spacial score (nSPS) is 19.9. The van der Waals surface area contributed by atoms with Crippen LogP contribution < -0.4 is 4.74 Å². The Kier molecular flexibility index (Phi) is 4.71. The Morgan fingerprint density at radius 2 is 1.93 bits per heavy atom. The van der Waals surface area contributed by atoms with Crippen molar-refractivity contribution < 1.29 is 9.53 Å². The van der Waals surface area contributed by atoms with E-state index in [1.54, 1.807) is 31.6 Å². The first-order chi connectivity index (χ1) is 13.2. The lowest BCUT2D eigenvalue weighted by molar-refractivity contribution is 0.0467. The third-order valence-electron chi connectivity index (χ3n) is 5.19. The molecule has 1 saturated heterocycles. The zero-order valence-corrected chi connectivity index (χ0v) is 15.5. The fraction of sp³-hybridized carbons (Fsp3) is 0.333. The number of piperidine rings is 1. The minimum atomic E-state index is -0.0781. The average Bonchev–Trinajstić information content (AvgIpc) is 2.72. The van der Waals surface area contributed by atoms with Crippen LogP contribution in [0.15, 0.2) is 48.8 Å². The van der Waals surface area contributed by atoms with Gasteiger partial charge in [-0.1, -0.05) is 18.2 Å². The number of amides is 1. The van der Waals surface area contributed by atoms with E-state index in [1.807, 2.05) is 29.2 Å². The van der Waals surface area contributed by atoms with Gasteiger partial charge in [0.2, 0.25) is 0 Å². The molecule has 0 saturated carbocycles. The summed E-state index contributed by atoms with van der Waals surface area (Å²) >= 11 is 0. The Morgan fingerprint density at radius 1 is 1.11 bits per heavy atom. The predicted octanol–water partition coefficient (Wildman–Crippen LogP) is 3.79. The Bertz CT molecular complexity index is 975. The van der Waals surface area contributed by atoms with Gasteiger partial charge in [-0.3, -0.25) is 9.78 Å². The summed E-state index contributed by atoms with van der Waals surface area (Å²) in [5.74, 6) is 0.734. The fourth-order valence-corrected chi connectivity index (χ4v) is 3.89. The number of rotatable bonds is 3. The second-order valence-electron chi connectivity index (χ2n) is 6.85. The molecule has 3 heterocycles. The highest BCUT2D eigenvalue weighted by atomic mass is 16.5. The van der Waals surface area contributed by atoms with Crippen molar-refractivity contribution in [3.8, 4) is 5.75 Å². The monoisotopic (exact) mass is 362 g/mol. The van der Waals surface area contributed by atoms with E-state index in [-0.39, 0.29) is 18.0 Å². The number of pyridine rings is 1. The van der Waals surface area contributed by atoms with Crippen LogP contribution in [0.2, 0.25) is 0 Å². The van der Waals surface area contributed by atoms with E-state index in [9.17, 15) is 4.79 Å². The third kappa shape index (κ3) is 3.23. The van der Waals surface area contributed by atoms with Crippen LogP contribution >= 0.6 is 0 Å². The van der Waals surface area contributed by atoms with E-state index in [0.717, 1.165) is 30.6 Å². The molecule has 6 heteroatoms. The molecule has 1 aromatic carbocycles. The summed E-state index contributed by atoms with van der Waals surface area (Å²) in [5, 5.41) is 0. The maximum atomic E-state index is 13.4. The number of carbonyl (C=O) groups is 1. The molecule has 0 N–H and O–H groups in total. The van der Waals surface area contributed by atoms with Crippen molar-refractivity contribution in [3.63, 3.8) is 0 Å². The summed E-state index contributed by atoms with van der Waals surface area (Å²) in [6.07, 6.45) is 6.17. The molecule has 2 atom stereocenters. The number of fused-ring (bicyclic) bond motifs is 1. The van der Waals surface area contributed by atoms with Gasteiger partial charge < -0.3 is 9.64 Å². The molecule has 1 aliphatic heterocycles. The summed E-state index contributed by atoms with van der Waals surface area (Å²) in [5.41, 5.74) is 2.61. The van der Waals surface area contributed by atoms with Crippen molar-refractivity contribution in [1.82, 2.24) is 19.9 Å². The molecule has 0 spiro atoms. The minimum Gasteiger partial charge on any atom is -0.496 e. The van der Waals surface area contributed by atoms with Gasteiger partial charge in [0.05, 0.1) is 13.2 Å². The van der Waals surface area contributed by atoms with E-state index in [1.165, 1.54) is 0 Å². The van der Waals surface area contributed by atoms with Crippen molar-refractivity contribution in [2.75, 3.05) is 7.11 Å². The molecule has 138 valence electrons. The highest BCUT2D eigenvalue weighted by Crippen LogP contribution is 2.39. The fourth-order valence-electron chi connectivity index (χ4n) is 3.89. The van der Waals surface area contributed by atoms with E-state index >= 15 is 0 Å². The Balaban J connectivity index is 1.74. The molecule has 0 bridgehead atoms. The zero-order chi connectivity index (χ0) is 18.8. The number of nitrogens with zero attached hydrogens (tertiary/aromatic N) is 4.